The van der Waals surface area contributed by atoms with Crippen molar-refractivity contribution in [3.63, 3.8) is 0 Å². The summed E-state index contributed by atoms with van der Waals surface area (Å²) in [7, 11) is 0. The molecule has 0 aliphatic rings. The summed E-state index contributed by atoms with van der Waals surface area (Å²) in [6.07, 6.45) is 1.62. The van der Waals surface area contributed by atoms with E-state index in [-0.39, 0.29) is 6.04 Å². The average molecular weight is 261 g/mol. The molecule has 0 fully saturated rings. The first-order chi connectivity index (χ1) is 9.17. The molecule has 1 atom stereocenters. The van der Waals surface area contributed by atoms with Gasteiger partial charge in [-0.25, -0.2) is 0 Å². The molecule has 0 saturated heterocycles. The first-order valence-corrected chi connectivity index (χ1v) is 6.46. The average Bonchev–Trinajstić information content (AvgIpc) is 2.85. The van der Waals surface area contributed by atoms with Gasteiger partial charge in [0.15, 0.2) is 12.4 Å². The molecule has 5 heteroatoms. The van der Waals surface area contributed by atoms with E-state index in [4.69, 9.17) is 15.0 Å². The smallest absolute Gasteiger partial charge is 0.264 e. The third-order valence-electron chi connectivity index (χ3n) is 2.67. The number of ether oxygens (including phenoxy) is 1. The molecule has 102 valence electrons. The van der Waals surface area contributed by atoms with Gasteiger partial charge in [-0.2, -0.15) is 4.98 Å². The number of hydrogen-bond acceptors (Lipinski definition) is 5. The van der Waals surface area contributed by atoms with E-state index >= 15 is 0 Å². The molecule has 0 aliphatic heterocycles. The van der Waals surface area contributed by atoms with Crippen molar-refractivity contribution in [2.45, 2.75) is 39.3 Å². The Kier molecular flexibility index (Phi) is 4.52. The van der Waals surface area contributed by atoms with Crippen LogP contribution in [0.4, 0.5) is 0 Å². The summed E-state index contributed by atoms with van der Waals surface area (Å²) in [6.45, 7) is 4.26. The maximum Gasteiger partial charge on any atom is 0.264 e. The van der Waals surface area contributed by atoms with Gasteiger partial charge in [0.25, 0.3) is 5.89 Å². The highest BCUT2D eigenvalue weighted by Gasteiger charge is 2.05. The lowest BCUT2D eigenvalue weighted by atomic mass is 10.1. The van der Waals surface area contributed by atoms with Crippen molar-refractivity contribution < 1.29 is 9.26 Å². The van der Waals surface area contributed by atoms with Crippen molar-refractivity contribution in [3.05, 3.63) is 41.5 Å². The topological polar surface area (TPSA) is 74.2 Å². The number of benzene rings is 1. The van der Waals surface area contributed by atoms with Crippen LogP contribution >= 0.6 is 0 Å². The molecule has 0 saturated carbocycles. The number of nitrogens with two attached hydrogens (primary N) is 1. The van der Waals surface area contributed by atoms with E-state index < -0.39 is 0 Å². The molecule has 1 aromatic carbocycles. The van der Waals surface area contributed by atoms with E-state index in [0.29, 0.717) is 18.3 Å². The van der Waals surface area contributed by atoms with Crippen LogP contribution in [0.25, 0.3) is 0 Å². The minimum atomic E-state index is 0.164. The molecule has 2 aromatic rings. The summed E-state index contributed by atoms with van der Waals surface area (Å²) >= 11 is 0. The first kappa shape index (κ1) is 13.5. The number of aryl methyl sites for hydroxylation is 1. The summed E-state index contributed by atoms with van der Waals surface area (Å²) in [4.78, 5) is 4.18. The molecule has 1 heterocycles. The van der Waals surface area contributed by atoms with Crippen LogP contribution in [0.1, 0.15) is 31.1 Å². The summed E-state index contributed by atoms with van der Waals surface area (Å²) in [5.41, 5.74) is 6.96. The summed E-state index contributed by atoms with van der Waals surface area (Å²) in [6, 6.07) is 8.05. The van der Waals surface area contributed by atoms with Crippen molar-refractivity contribution in [2.24, 2.45) is 5.73 Å². The standard InChI is InChI=1S/C14H19N3O2/c1-3-13-16-14(19-17-13)9-18-12-6-4-11(5-7-12)8-10(2)15/h4-7,10H,3,8-9,15H2,1-2H3. The van der Waals surface area contributed by atoms with E-state index in [0.717, 1.165) is 18.6 Å². The van der Waals surface area contributed by atoms with E-state index in [2.05, 4.69) is 10.1 Å². The Morgan fingerprint density at radius 1 is 1.32 bits per heavy atom. The third-order valence-corrected chi connectivity index (χ3v) is 2.67. The van der Waals surface area contributed by atoms with Gasteiger partial charge < -0.3 is 15.0 Å². The maximum atomic E-state index is 5.75. The number of aromatic nitrogens is 2. The molecule has 2 rings (SSSR count). The minimum Gasteiger partial charge on any atom is -0.484 e. The van der Waals surface area contributed by atoms with Gasteiger partial charge >= 0.3 is 0 Å². The van der Waals surface area contributed by atoms with Crippen LogP contribution in [-0.2, 0) is 19.4 Å². The van der Waals surface area contributed by atoms with Gasteiger partial charge in [0.05, 0.1) is 0 Å². The van der Waals surface area contributed by atoms with E-state index in [1.54, 1.807) is 0 Å². The van der Waals surface area contributed by atoms with Crippen LogP contribution in [0.15, 0.2) is 28.8 Å². The molecule has 5 nitrogen and oxygen atoms in total. The molecule has 0 bridgehead atoms. The lowest BCUT2D eigenvalue weighted by molar-refractivity contribution is 0.242. The second-order valence-corrected chi connectivity index (χ2v) is 4.57. The largest absolute Gasteiger partial charge is 0.484 e. The van der Waals surface area contributed by atoms with E-state index in [1.807, 2.05) is 38.1 Å². The van der Waals surface area contributed by atoms with Crippen molar-refractivity contribution in [1.82, 2.24) is 10.1 Å². The van der Waals surface area contributed by atoms with Crippen molar-refractivity contribution >= 4 is 0 Å². The monoisotopic (exact) mass is 261 g/mol. The normalized spacial score (nSPS) is 12.4. The predicted molar refractivity (Wildman–Crippen MR) is 71.8 cm³/mol. The minimum absolute atomic E-state index is 0.164. The number of hydrogen-bond donors (Lipinski definition) is 1. The zero-order chi connectivity index (χ0) is 13.7. The summed E-state index contributed by atoms with van der Waals surface area (Å²) < 4.78 is 10.6. The second kappa shape index (κ2) is 6.33. The fourth-order valence-electron chi connectivity index (χ4n) is 1.73. The van der Waals surface area contributed by atoms with Crippen molar-refractivity contribution in [2.75, 3.05) is 0 Å². The van der Waals surface area contributed by atoms with Gasteiger partial charge in [-0.15, -0.1) is 0 Å². The quantitative estimate of drug-likeness (QED) is 0.862. The Morgan fingerprint density at radius 2 is 2.05 bits per heavy atom. The summed E-state index contributed by atoms with van der Waals surface area (Å²) in [5.74, 6) is 1.98. The maximum absolute atomic E-state index is 5.75. The Hall–Kier alpha value is -1.88. The highest BCUT2D eigenvalue weighted by molar-refractivity contribution is 5.27. The Bertz CT molecular complexity index is 506. The number of rotatable bonds is 6. The predicted octanol–water partition coefficient (Wildman–Crippen LogP) is 2.10. The van der Waals surface area contributed by atoms with Crippen LogP contribution < -0.4 is 10.5 Å². The van der Waals surface area contributed by atoms with Crippen LogP contribution in [-0.4, -0.2) is 16.2 Å². The second-order valence-electron chi connectivity index (χ2n) is 4.57. The molecule has 0 aliphatic carbocycles. The fraction of sp³-hybridized carbons (Fsp3) is 0.429. The molecular formula is C14H19N3O2. The Morgan fingerprint density at radius 3 is 2.63 bits per heavy atom. The molecule has 2 N–H and O–H groups in total. The van der Waals surface area contributed by atoms with E-state index in [1.165, 1.54) is 5.56 Å². The lowest BCUT2D eigenvalue weighted by Crippen LogP contribution is -2.17. The third kappa shape index (κ3) is 4.06. The van der Waals surface area contributed by atoms with Gasteiger partial charge in [0.1, 0.15) is 5.75 Å². The SMILES string of the molecule is CCc1noc(COc2ccc(CC(C)N)cc2)n1. The molecule has 0 radical (unpaired) electrons. The zero-order valence-electron chi connectivity index (χ0n) is 11.3. The van der Waals surface area contributed by atoms with Crippen molar-refractivity contribution in [3.8, 4) is 5.75 Å². The van der Waals surface area contributed by atoms with Crippen LogP contribution in [0.3, 0.4) is 0 Å². The van der Waals surface area contributed by atoms with Gasteiger partial charge in [-0.3, -0.25) is 0 Å². The van der Waals surface area contributed by atoms with Gasteiger partial charge in [0, 0.05) is 12.5 Å². The molecular weight excluding hydrogens is 242 g/mol. The van der Waals surface area contributed by atoms with Crippen molar-refractivity contribution in [1.29, 1.82) is 0 Å². The molecule has 0 amide bonds. The summed E-state index contributed by atoms with van der Waals surface area (Å²) in [5, 5.41) is 3.81. The first-order valence-electron chi connectivity index (χ1n) is 6.46. The molecule has 1 aromatic heterocycles. The Balaban J connectivity index is 1.89. The highest BCUT2D eigenvalue weighted by Crippen LogP contribution is 2.14. The molecule has 0 spiro atoms. The van der Waals surface area contributed by atoms with Crippen LogP contribution in [0, 0.1) is 0 Å². The highest BCUT2D eigenvalue weighted by atomic mass is 16.5. The molecule has 1 unspecified atom stereocenters. The zero-order valence-corrected chi connectivity index (χ0v) is 11.3. The lowest BCUT2D eigenvalue weighted by Gasteiger charge is -2.07. The van der Waals surface area contributed by atoms with E-state index in [9.17, 15) is 0 Å². The van der Waals surface area contributed by atoms with Gasteiger partial charge in [0.2, 0.25) is 0 Å². The fourth-order valence-corrected chi connectivity index (χ4v) is 1.73. The van der Waals surface area contributed by atoms with Gasteiger partial charge in [-0.05, 0) is 31.0 Å². The van der Waals surface area contributed by atoms with Gasteiger partial charge in [-0.1, -0.05) is 24.2 Å². The molecule has 19 heavy (non-hydrogen) atoms. The van der Waals surface area contributed by atoms with Crippen LogP contribution in [0.5, 0.6) is 5.75 Å². The number of nitrogens with zero attached hydrogens (tertiary/aromatic N) is 2. The Labute approximate surface area is 112 Å². The van der Waals surface area contributed by atoms with Crippen LogP contribution in [0.2, 0.25) is 0 Å².